The molecule has 20 nitrogen and oxygen atoms in total. The van der Waals surface area contributed by atoms with Crippen molar-refractivity contribution in [2.24, 2.45) is 0 Å². The molecule has 0 aliphatic heterocycles. The smallest absolute Gasteiger partial charge is 0.550 e. The topological polar surface area (TPSA) is 393 Å². The number of carboxylic acids is 9. The molecule has 0 heterocycles. The number of hydrogen-bond acceptors (Lipinski definition) is 17. The summed E-state index contributed by atoms with van der Waals surface area (Å²) >= 11 is 0. The maximum absolute atomic E-state index is 10.1. The van der Waals surface area contributed by atoms with Crippen LogP contribution in [0.2, 0.25) is 0 Å². The maximum atomic E-state index is 10.1. The molecule has 0 aromatic rings. The molecule has 0 amide bonds. The first-order chi connectivity index (χ1) is 16.7. The summed E-state index contributed by atoms with van der Waals surface area (Å²) in [5, 5.41) is 100. The van der Waals surface area contributed by atoms with E-state index in [1.807, 2.05) is 0 Å². The Morgan fingerprint density at radius 2 is 0.537 bits per heavy atom. The Labute approximate surface area is 278 Å². The third-order valence-electron chi connectivity index (χ3n) is 2.51. The summed E-state index contributed by atoms with van der Waals surface area (Å²) in [5.74, 6) is -14.5. The van der Waals surface area contributed by atoms with E-state index in [0.29, 0.717) is 0 Å². The largest absolute Gasteiger partial charge is 2.00 e. The van der Waals surface area contributed by atoms with Gasteiger partial charge in [0.05, 0.1) is 11.9 Å². The second kappa shape index (κ2) is 30.4. The van der Waals surface area contributed by atoms with Crippen LogP contribution in [0.3, 0.4) is 0 Å². The summed E-state index contributed by atoms with van der Waals surface area (Å²) in [4.78, 5) is 87.0. The van der Waals surface area contributed by atoms with Gasteiger partial charge in [-0.05, 0) is 0 Å². The second-order valence-electron chi connectivity index (χ2n) is 6.39. The van der Waals surface area contributed by atoms with E-state index < -0.39 is 90.6 Å². The molecule has 0 saturated carbocycles. The molecule has 5 N–H and O–H groups in total. The average Bonchev–Trinajstić information content (AvgIpc) is 2.57. The minimum Gasteiger partial charge on any atom is -0.550 e. The fourth-order valence-corrected chi connectivity index (χ4v) is 1.37. The molecule has 0 unspecified atom stereocenters. The minimum absolute atomic E-state index is 0. The van der Waals surface area contributed by atoms with Gasteiger partial charge in [-0.1, -0.05) is 0 Å². The Morgan fingerprint density at radius 3 is 0.585 bits per heavy atom. The molecular weight excluding hydrogens is 609 g/mol. The predicted molar refractivity (Wildman–Crippen MR) is 116 cm³/mol. The Hall–Kier alpha value is -2.55. The van der Waals surface area contributed by atoms with Gasteiger partial charge in [0.25, 0.3) is 17.9 Å². The normalized spacial score (nSPS) is 8.71. The van der Waals surface area contributed by atoms with Crippen LogP contribution in [0.1, 0.15) is 46.5 Å². The second-order valence-corrected chi connectivity index (χ2v) is 6.39. The van der Waals surface area contributed by atoms with Crippen molar-refractivity contribution in [3.8, 4) is 0 Å². The van der Waals surface area contributed by atoms with Gasteiger partial charge in [0, 0.05) is 70.3 Å². The van der Waals surface area contributed by atoms with Crippen molar-refractivity contribution in [3.05, 3.63) is 0 Å². The van der Waals surface area contributed by atoms with Gasteiger partial charge in [-0.25, -0.2) is 0 Å². The predicted octanol–water partition coefficient (Wildman–Crippen LogP) is -11.4. The van der Waals surface area contributed by atoms with Crippen molar-refractivity contribution >= 4 is 123 Å². The summed E-state index contributed by atoms with van der Waals surface area (Å²) in [5.41, 5.74) is -5.95. The Kier molecular flexibility index (Phi) is 43.1. The van der Waals surface area contributed by atoms with E-state index >= 15 is 0 Å². The van der Waals surface area contributed by atoms with E-state index in [4.69, 9.17) is 39.9 Å². The molecule has 0 aliphatic rings. The van der Waals surface area contributed by atoms with Gasteiger partial charge in [0.1, 0.15) is 11.2 Å². The molecule has 0 fully saturated rings. The first-order valence-corrected chi connectivity index (χ1v) is 9.01. The van der Waals surface area contributed by atoms with E-state index in [-0.39, 0.29) is 69.2 Å². The molecule has 0 spiro atoms. The van der Waals surface area contributed by atoms with Gasteiger partial charge >= 0.3 is 69.2 Å². The monoisotopic (exact) mass is 630 g/mol. The zero-order valence-electron chi connectivity index (χ0n) is 21.8. The van der Waals surface area contributed by atoms with Crippen molar-refractivity contribution in [2.75, 3.05) is 0 Å². The van der Waals surface area contributed by atoms with Crippen LogP contribution in [-0.2, 0) is 43.2 Å². The zero-order chi connectivity index (χ0) is 32.0. The van der Waals surface area contributed by atoms with E-state index in [1.165, 1.54) is 0 Å². The number of aliphatic hydroxyl groups is 2. The SMILES string of the molecule is CC(=O)O.CC(=O)O.CC(=O)O.O=C([O-])CC(O)(CC(=O)[O-])C(=O)[O-].O=C([O-])CC(O)(CC(=O)[O-])C(=O)[O-].[Mg+2].[Mg+2].[Mg+2]. The number of rotatable bonds is 10. The van der Waals surface area contributed by atoms with Crippen LogP contribution in [0.4, 0.5) is 0 Å². The van der Waals surface area contributed by atoms with Crippen LogP contribution >= 0.6 is 0 Å². The Morgan fingerprint density at radius 1 is 0.439 bits per heavy atom. The van der Waals surface area contributed by atoms with Gasteiger partial charge in [0.15, 0.2) is 0 Å². The van der Waals surface area contributed by atoms with Crippen molar-refractivity contribution < 1.29 is 99.3 Å². The van der Waals surface area contributed by atoms with Gasteiger partial charge in [-0.3, -0.25) is 14.4 Å². The molecule has 0 aromatic carbocycles. The van der Waals surface area contributed by atoms with Crippen molar-refractivity contribution in [1.82, 2.24) is 0 Å². The van der Waals surface area contributed by atoms with Crippen LogP contribution in [0.15, 0.2) is 0 Å². The van der Waals surface area contributed by atoms with Crippen LogP contribution in [0.5, 0.6) is 0 Å². The number of hydrogen-bond donors (Lipinski definition) is 5. The molecule has 0 atom stereocenters. The minimum atomic E-state index is -2.97. The Balaban J connectivity index is -0.0000000605. The third kappa shape index (κ3) is 54.3. The molecule has 0 rings (SSSR count). The van der Waals surface area contributed by atoms with Crippen molar-refractivity contribution in [3.63, 3.8) is 0 Å². The van der Waals surface area contributed by atoms with Crippen molar-refractivity contribution in [1.29, 1.82) is 0 Å². The van der Waals surface area contributed by atoms with Gasteiger partial charge in [-0.2, -0.15) is 0 Å². The van der Waals surface area contributed by atoms with Gasteiger partial charge in [-0.15, -0.1) is 0 Å². The molecule has 23 heteroatoms. The summed E-state index contributed by atoms with van der Waals surface area (Å²) < 4.78 is 0. The summed E-state index contributed by atoms with van der Waals surface area (Å²) in [6.07, 6.45) is -5.43. The fraction of sp³-hybridized carbons (Fsp3) is 0.500. The molecule has 0 radical (unpaired) electrons. The number of aliphatic carboxylic acids is 9. The van der Waals surface area contributed by atoms with Crippen LogP contribution in [-0.4, -0.2) is 160 Å². The molecular formula is C18H22Mg3O20. The Bertz CT molecular complexity index is 747. The van der Waals surface area contributed by atoms with E-state index in [0.717, 1.165) is 20.8 Å². The fourth-order valence-electron chi connectivity index (χ4n) is 1.37. The summed E-state index contributed by atoms with van der Waals surface area (Å²) in [6, 6.07) is 0. The number of carboxylic acid groups (broad SMARTS) is 9. The van der Waals surface area contributed by atoms with E-state index in [2.05, 4.69) is 0 Å². The van der Waals surface area contributed by atoms with Crippen LogP contribution in [0.25, 0.3) is 0 Å². The molecule has 0 aliphatic carbocycles. The maximum Gasteiger partial charge on any atom is 2.00 e. The third-order valence-corrected chi connectivity index (χ3v) is 2.51. The number of carbonyl (C=O) groups is 9. The summed E-state index contributed by atoms with van der Waals surface area (Å²) in [6.45, 7) is 3.25. The molecule has 0 aromatic heterocycles. The summed E-state index contributed by atoms with van der Waals surface area (Å²) in [7, 11) is 0. The zero-order valence-corrected chi connectivity index (χ0v) is 26.1. The molecule has 0 saturated heterocycles. The van der Waals surface area contributed by atoms with Crippen LogP contribution < -0.4 is 30.6 Å². The quantitative estimate of drug-likeness (QED) is 0.140. The van der Waals surface area contributed by atoms with Crippen LogP contribution in [0, 0.1) is 0 Å². The van der Waals surface area contributed by atoms with Gasteiger partial charge < -0.3 is 84.9 Å². The molecule has 41 heavy (non-hydrogen) atoms. The first kappa shape index (κ1) is 58.2. The van der Waals surface area contributed by atoms with E-state index in [9.17, 15) is 59.4 Å². The van der Waals surface area contributed by atoms with Crippen molar-refractivity contribution in [2.45, 2.75) is 57.7 Å². The number of carbonyl (C=O) groups excluding carboxylic acids is 6. The molecule has 0 bridgehead atoms. The standard InChI is InChI=1S/2C6H8O7.3C2H4O2.3Mg/c2*7-3(8)1-6(13,5(11)12)2-4(9)10;3*1-2(3)4;;;/h2*13H,1-2H2,(H,7,8)(H,9,10)(H,11,12);3*1H3,(H,3,4);;;/q;;;;;3*+2/p-6. The first-order valence-electron chi connectivity index (χ1n) is 9.01. The molecule has 220 valence electrons. The van der Waals surface area contributed by atoms with Gasteiger partial charge in [0.2, 0.25) is 0 Å². The average molecular weight is 631 g/mol. The van der Waals surface area contributed by atoms with E-state index in [1.54, 1.807) is 0 Å².